The highest BCUT2D eigenvalue weighted by Gasteiger charge is 2.22. The number of alkyl halides is 2. The van der Waals surface area contributed by atoms with Gasteiger partial charge in [-0.15, -0.1) is 5.10 Å². The lowest BCUT2D eigenvalue weighted by atomic mass is 10.3. The summed E-state index contributed by atoms with van der Waals surface area (Å²) in [6.07, 6.45) is 1.30. The summed E-state index contributed by atoms with van der Waals surface area (Å²) < 4.78 is 51.5. The molecule has 0 spiro atoms. The number of carbonyl (C=O) groups is 1. The normalized spacial score (nSPS) is 11.0. The third kappa shape index (κ3) is 4.22. The third-order valence-corrected chi connectivity index (χ3v) is 3.98. The molecule has 2 aromatic heterocycles. The number of carboxylic acids is 1. The first-order chi connectivity index (χ1) is 14.2. The molecule has 2 heterocycles. The molecule has 3 aromatic rings. The van der Waals surface area contributed by atoms with Crippen LogP contribution in [0.1, 0.15) is 12.4 Å². The standard InChI is InChI=1S/C17H12ClF3N4O5/c1-8-23-25(17(28)24(8)16(20)21)11-6-13(9(18)5-10(11)19)30-12-3-2-4-22-15(12)29-7-14(26)27/h2-6,16H,7H2,1H3,(H,26,27)/p-1. The van der Waals surface area contributed by atoms with Crippen LogP contribution in [0.5, 0.6) is 17.4 Å². The molecule has 13 heteroatoms. The smallest absolute Gasteiger partial charge is 0.355 e. The van der Waals surface area contributed by atoms with Crippen molar-refractivity contribution in [3.05, 3.63) is 57.6 Å². The fourth-order valence-electron chi connectivity index (χ4n) is 2.42. The molecule has 0 amide bonds. The van der Waals surface area contributed by atoms with Crippen LogP contribution in [-0.4, -0.2) is 31.9 Å². The molecular weight excluding hydrogens is 433 g/mol. The van der Waals surface area contributed by atoms with Crippen molar-refractivity contribution >= 4 is 17.6 Å². The van der Waals surface area contributed by atoms with Gasteiger partial charge < -0.3 is 19.4 Å². The van der Waals surface area contributed by atoms with Crippen molar-refractivity contribution in [3.63, 3.8) is 0 Å². The van der Waals surface area contributed by atoms with E-state index >= 15 is 0 Å². The molecule has 0 saturated heterocycles. The average molecular weight is 444 g/mol. The Labute approximate surface area is 170 Å². The Morgan fingerprint density at radius 1 is 1.33 bits per heavy atom. The van der Waals surface area contributed by atoms with Crippen LogP contribution in [0.2, 0.25) is 5.02 Å². The molecule has 0 aliphatic carbocycles. The summed E-state index contributed by atoms with van der Waals surface area (Å²) in [5, 5.41) is 14.0. The molecule has 9 nitrogen and oxygen atoms in total. The van der Waals surface area contributed by atoms with Gasteiger partial charge in [0.15, 0.2) is 11.6 Å². The third-order valence-electron chi connectivity index (χ3n) is 3.69. The SMILES string of the molecule is Cc1nn(-c2cc(Oc3cccnc3OCC(=O)[O-])c(Cl)cc2F)c(=O)n1C(F)F. The second-order valence-electron chi connectivity index (χ2n) is 5.69. The number of pyridine rings is 1. The van der Waals surface area contributed by atoms with Crippen molar-refractivity contribution in [1.82, 2.24) is 19.3 Å². The fraction of sp³-hybridized carbons (Fsp3) is 0.176. The van der Waals surface area contributed by atoms with Gasteiger partial charge >= 0.3 is 12.2 Å². The van der Waals surface area contributed by atoms with Gasteiger partial charge in [0.05, 0.1) is 11.0 Å². The van der Waals surface area contributed by atoms with Crippen LogP contribution < -0.4 is 20.3 Å². The van der Waals surface area contributed by atoms with Crippen molar-refractivity contribution in [3.8, 4) is 23.1 Å². The van der Waals surface area contributed by atoms with Gasteiger partial charge in [-0.25, -0.2) is 18.7 Å². The lowest BCUT2D eigenvalue weighted by Gasteiger charge is -2.13. The van der Waals surface area contributed by atoms with Gasteiger partial charge in [-0.2, -0.15) is 13.5 Å². The van der Waals surface area contributed by atoms with Gasteiger partial charge in [-0.05, 0) is 25.1 Å². The molecule has 3 rings (SSSR count). The maximum absolute atomic E-state index is 14.4. The number of carboxylic acid groups (broad SMARTS) is 1. The molecule has 30 heavy (non-hydrogen) atoms. The Kier molecular flexibility index (Phi) is 5.96. The first kappa shape index (κ1) is 21.2. The summed E-state index contributed by atoms with van der Waals surface area (Å²) in [4.78, 5) is 26.6. The zero-order valence-electron chi connectivity index (χ0n) is 15.0. The van der Waals surface area contributed by atoms with Gasteiger partial charge in [0.1, 0.15) is 23.9 Å². The first-order valence-electron chi connectivity index (χ1n) is 8.10. The molecule has 0 bridgehead atoms. The molecule has 1 aromatic carbocycles. The van der Waals surface area contributed by atoms with Crippen LogP contribution in [0.4, 0.5) is 13.2 Å². The van der Waals surface area contributed by atoms with Crippen LogP contribution in [0.15, 0.2) is 35.3 Å². The van der Waals surface area contributed by atoms with Crippen LogP contribution in [0.25, 0.3) is 5.69 Å². The highest BCUT2D eigenvalue weighted by molar-refractivity contribution is 6.32. The fourth-order valence-corrected chi connectivity index (χ4v) is 2.61. The maximum atomic E-state index is 14.4. The molecular formula is C17H11ClF3N4O5-. The highest BCUT2D eigenvalue weighted by Crippen LogP contribution is 2.36. The van der Waals surface area contributed by atoms with E-state index in [0.717, 1.165) is 19.1 Å². The summed E-state index contributed by atoms with van der Waals surface area (Å²) in [6, 6.07) is 4.57. The Hall–Kier alpha value is -3.54. The second-order valence-corrected chi connectivity index (χ2v) is 6.10. The summed E-state index contributed by atoms with van der Waals surface area (Å²) in [5.74, 6) is -3.36. The highest BCUT2D eigenvalue weighted by atomic mass is 35.5. The molecule has 0 radical (unpaired) electrons. The molecule has 158 valence electrons. The molecule has 0 N–H and O–H groups in total. The van der Waals surface area contributed by atoms with Crippen LogP contribution in [-0.2, 0) is 4.79 Å². The number of ether oxygens (including phenoxy) is 2. The first-order valence-corrected chi connectivity index (χ1v) is 8.48. The number of rotatable bonds is 7. The Morgan fingerprint density at radius 3 is 2.70 bits per heavy atom. The Bertz CT molecular complexity index is 1160. The van der Waals surface area contributed by atoms with E-state index in [1.807, 2.05) is 0 Å². The summed E-state index contributed by atoms with van der Waals surface area (Å²) in [7, 11) is 0. The minimum absolute atomic E-state index is 0.0835. The van der Waals surface area contributed by atoms with Crippen molar-refractivity contribution in [2.45, 2.75) is 13.5 Å². The van der Waals surface area contributed by atoms with E-state index in [1.54, 1.807) is 0 Å². The summed E-state index contributed by atoms with van der Waals surface area (Å²) in [5.41, 5.74) is -1.77. The molecule has 0 aliphatic heterocycles. The topological polar surface area (TPSA) is 111 Å². The number of aryl methyl sites for hydroxylation is 1. The minimum Gasteiger partial charge on any atom is -0.546 e. The predicted octanol–water partition coefficient (Wildman–Crippen LogP) is 1.85. The van der Waals surface area contributed by atoms with Gasteiger partial charge in [0.2, 0.25) is 0 Å². The number of halogens is 4. The lowest BCUT2D eigenvalue weighted by molar-refractivity contribution is -0.307. The number of benzene rings is 1. The number of aliphatic carboxylic acids is 1. The zero-order valence-corrected chi connectivity index (χ0v) is 15.8. The number of nitrogens with zero attached hydrogens (tertiary/aromatic N) is 4. The molecule has 0 aliphatic rings. The van der Waals surface area contributed by atoms with E-state index in [2.05, 4.69) is 10.1 Å². The molecule has 0 atom stereocenters. The van der Waals surface area contributed by atoms with E-state index < -0.39 is 36.3 Å². The van der Waals surface area contributed by atoms with Crippen LogP contribution in [0, 0.1) is 12.7 Å². The van der Waals surface area contributed by atoms with Crippen molar-refractivity contribution in [2.24, 2.45) is 0 Å². The zero-order chi connectivity index (χ0) is 22.0. The van der Waals surface area contributed by atoms with Crippen molar-refractivity contribution < 1.29 is 32.5 Å². The van der Waals surface area contributed by atoms with E-state index in [4.69, 9.17) is 21.1 Å². The molecule has 0 saturated carbocycles. The Morgan fingerprint density at radius 2 is 2.07 bits per heavy atom. The van der Waals surface area contributed by atoms with E-state index in [-0.39, 0.29) is 32.8 Å². The van der Waals surface area contributed by atoms with E-state index in [1.165, 1.54) is 18.3 Å². The van der Waals surface area contributed by atoms with Gasteiger partial charge in [-0.1, -0.05) is 11.6 Å². The van der Waals surface area contributed by atoms with Gasteiger partial charge in [-0.3, -0.25) is 0 Å². The number of carbonyl (C=O) groups excluding carboxylic acids is 1. The monoisotopic (exact) mass is 443 g/mol. The predicted molar refractivity (Wildman–Crippen MR) is 93.6 cm³/mol. The lowest BCUT2D eigenvalue weighted by Crippen LogP contribution is -2.29. The quantitative estimate of drug-likeness (QED) is 0.547. The largest absolute Gasteiger partial charge is 0.546 e. The Balaban J connectivity index is 2.03. The second kappa shape index (κ2) is 8.45. The summed E-state index contributed by atoms with van der Waals surface area (Å²) in [6.45, 7) is -2.82. The van der Waals surface area contributed by atoms with Gasteiger partial charge in [0.25, 0.3) is 5.88 Å². The summed E-state index contributed by atoms with van der Waals surface area (Å²) >= 11 is 5.98. The number of hydrogen-bond acceptors (Lipinski definition) is 7. The van der Waals surface area contributed by atoms with E-state index in [9.17, 15) is 27.9 Å². The minimum atomic E-state index is -3.17. The van der Waals surface area contributed by atoms with Crippen LogP contribution in [0.3, 0.4) is 0 Å². The molecule has 0 unspecified atom stereocenters. The van der Waals surface area contributed by atoms with Crippen LogP contribution >= 0.6 is 11.6 Å². The number of aromatic nitrogens is 4. The van der Waals surface area contributed by atoms with Crippen molar-refractivity contribution in [1.29, 1.82) is 0 Å². The molecule has 0 fully saturated rings. The van der Waals surface area contributed by atoms with Gasteiger partial charge in [0, 0.05) is 12.3 Å². The average Bonchev–Trinajstić information content (AvgIpc) is 2.97. The maximum Gasteiger partial charge on any atom is 0.355 e. The number of hydrogen-bond donors (Lipinski definition) is 0. The van der Waals surface area contributed by atoms with E-state index in [0.29, 0.717) is 4.68 Å². The van der Waals surface area contributed by atoms with Crippen molar-refractivity contribution in [2.75, 3.05) is 6.61 Å².